The van der Waals surface area contributed by atoms with E-state index >= 15 is 8.78 Å². The van der Waals surface area contributed by atoms with Gasteiger partial charge in [0.2, 0.25) is 5.82 Å². The number of pyridine rings is 3. The SMILES string of the molecule is Fc1c(F)c(F)c(-c2c3nc(c(-c4ccccn4)c4ccc([nH]4)c(-c4ccccn4)c4nc(c(-c5ccccn5)c5ccc2[nH]5)C=C4)C=C3)c(F)c1F. The molecular formula is C41H22F5N7. The number of rotatable bonds is 4. The van der Waals surface area contributed by atoms with E-state index in [-0.39, 0.29) is 16.8 Å². The van der Waals surface area contributed by atoms with Crippen LogP contribution in [0.4, 0.5) is 22.0 Å². The van der Waals surface area contributed by atoms with E-state index in [0.717, 1.165) is 0 Å². The van der Waals surface area contributed by atoms with Gasteiger partial charge < -0.3 is 9.97 Å². The molecule has 7 nitrogen and oxygen atoms in total. The van der Waals surface area contributed by atoms with Crippen LogP contribution in [-0.2, 0) is 0 Å². The molecule has 0 unspecified atom stereocenters. The zero-order valence-corrected chi connectivity index (χ0v) is 27.2. The van der Waals surface area contributed by atoms with E-state index in [1.165, 1.54) is 12.1 Å². The van der Waals surface area contributed by atoms with Gasteiger partial charge in [-0.15, -0.1) is 0 Å². The highest BCUT2D eigenvalue weighted by molar-refractivity contribution is 5.99. The summed E-state index contributed by atoms with van der Waals surface area (Å²) in [6.45, 7) is 0. The predicted octanol–water partition coefficient (Wildman–Crippen LogP) is 10.2. The second kappa shape index (κ2) is 12.6. The summed E-state index contributed by atoms with van der Waals surface area (Å²) < 4.78 is 75.4. The molecule has 7 aromatic rings. The molecule has 0 atom stereocenters. The molecule has 8 bridgehead atoms. The number of nitrogens with zero attached hydrogens (tertiary/aromatic N) is 5. The largest absolute Gasteiger partial charge is 0.354 e. The zero-order chi connectivity index (χ0) is 36.2. The van der Waals surface area contributed by atoms with Crippen LogP contribution in [0.3, 0.4) is 0 Å². The first-order valence-corrected chi connectivity index (χ1v) is 16.3. The van der Waals surface area contributed by atoms with Gasteiger partial charge >= 0.3 is 0 Å². The van der Waals surface area contributed by atoms with Gasteiger partial charge in [0.15, 0.2) is 23.3 Å². The number of hydrogen-bond acceptors (Lipinski definition) is 5. The third-order valence-corrected chi connectivity index (χ3v) is 8.98. The maximum atomic E-state index is 15.7. The second-order valence-electron chi connectivity index (χ2n) is 12.1. The molecule has 2 N–H and O–H groups in total. The van der Waals surface area contributed by atoms with Crippen LogP contribution in [0, 0.1) is 29.1 Å². The molecule has 1 aromatic carbocycles. The number of hydrogen-bond donors (Lipinski definition) is 2. The smallest absolute Gasteiger partial charge is 0.200 e. The summed E-state index contributed by atoms with van der Waals surface area (Å²) in [5.74, 6) is -10.4. The first kappa shape index (κ1) is 31.9. The molecule has 53 heavy (non-hydrogen) atoms. The molecule has 0 saturated heterocycles. The lowest BCUT2D eigenvalue weighted by atomic mass is 10.0. The Morgan fingerprint density at radius 3 is 1.00 bits per heavy atom. The minimum absolute atomic E-state index is 0.0300. The Hall–Kier alpha value is -7.08. The fourth-order valence-corrected chi connectivity index (χ4v) is 6.63. The molecule has 0 fully saturated rings. The molecule has 8 heterocycles. The monoisotopic (exact) mass is 707 g/mol. The molecule has 6 aromatic heterocycles. The molecule has 0 saturated carbocycles. The number of H-pyrrole nitrogens is 2. The zero-order valence-electron chi connectivity index (χ0n) is 27.2. The summed E-state index contributed by atoms with van der Waals surface area (Å²) in [5, 5.41) is 0. The Kier molecular flexibility index (Phi) is 7.58. The molecular weight excluding hydrogens is 685 g/mol. The van der Waals surface area contributed by atoms with Gasteiger partial charge in [0, 0.05) is 46.4 Å². The number of aromatic amines is 2. The van der Waals surface area contributed by atoms with E-state index in [4.69, 9.17) is 9.97 Å². The number of benzene rings is 1. The van der Waals surface area contributed by atoms with Gasteiger partial charge in [-0.05, 0) is 85.0 Å². The summed E-state index contributed by atoms with van der Waals surface area (Å²) in [5.41, 5.74) is 4.96. The maximum absolute atomic E-state index is 15.7. The van der Waals surface area contributed by atoms with Crippen LogP contribution in [0.1, 0.15) is 22.8 Å². The molecule has 256 valence electrons. The Morgan fingerprint density at radius 1 is 0.340 bits per heavy atom. The van der Waals surface area contributed by atoms with Gasteiger partial charge in [-0.1, -0.05) is 18.2 Å². The Labute approximate surface area is 297 Å². The van der Waals surface area contributed by atoms with Crippen LogP contribution in [0.5, 0.6) is 0 Å². The third kappa shape index (κ3) is 5.30. The summed E-state index contributed by atoms with van der Waals surface area (Å²) >= 11 is 0. The van der Waals surface area contributed by atoms with Crippen molar-refractivity contribution in [3.63, 3.8) is 0 Å². The van der Waals surface area contributed by atoms with Gasteiger partial charge in [0.25, 0.3) is 0 Å². The van der Waals surface area contributed by atoms with Crippen molar-refractivity contribution >= 4 is 46.4 Å². The van der Waals surface area contributed by atoms with Gasteiger partial charge in [0.05, 0.1) is 62.0 Å². The van der Waals surface area contributed by atoms with Crippen molar-refractivity contribution in [2.75, 3.05) is 0 Å². The topological polar surface area (TPSA) is 96.0 Å². The van der Waals surface area contributed by atoms with E-state index in [0.29, 0.717) is 67.4 Å². The second-order valence-corrected chi connectivity index (χ2v) is 12.1. The highest BCUT2D eigenvalue weighted by Gasteiger charge is 2.30. The van der Waals surface area contributed by atoms with Crippen LogP contribution in [-0.4, -0.2) is 34.9 Å². The average molecular weight is 708 g/mol. The van der Waals surface area contributed by atoms with E-state index < -0.39 is 34.6 Å². The lowest BCUT2D eigenvalue weighted by Crippen LogP contribution is -2.05. The van der Waals surface area contributed by atoms with Crippen molar-refractivity contribution in [1.82, 2.24) is 34.9 Å². The predicted molar refractivity (Wildman–Crippen MR) is 194 cm³/mol. The number of aromatic nitrogens is 7. The Morgan fingerprint density at radius 2 is 0.660 bits per heavy atom. The summed E-state index contributed by atoms with van der Waals surface area (Å²) in [6.07, 6.45) is 11.7. The van der Waals surface area contributed by atoms with Crippen LogP contribution < -0.4 is 0 Å². The minimum atomic E-state index is -2.26. The molecule has 0 amide bonds. The standard InChI is InChI=1S/C41H22F5N7/c42-37-36(38(43)40(45)41(46)39(37)44)35-30-16-14-28(52-30)33(22-8-2-5-19-48-22)26-12-10-24(50-26)32(21-7-1-4-18-47-21)25-11-13-27(51-25)34(23-9-3-6-20-49-23)29-15-17-31(35)53-29/h1-20,50,53H. The molecule has 0 radical (unpaired) electrons. The first-order valence-electron chi connectivity index (χ1n) is 16.3. The van der Waals surface area contributed by atoms with Crippen molar-refractivity contribution in [2.24, 2.45) is 0 Å². The average Bonchev–Trinajstić information content (AvgIpc) is 4.04. The highest BCUT2D eigenvalue weighted by atomic mass is 19.2. The summed E-state index contributed by atoms with van der Waals surface area (Å²) in [6, 6.07) is 23.1. The van der Waals surface area contributed by atoms with Crippen molar-refractivity contribution < 1.29 is 22.0 Å². The van der Waals surface area contributed by atoms with Gasteiger partial charge in [0.1, 0.15) is 0 Å². The van der Waals surface area contributed by atoms with Crippen LogP contribution >= 0.6 is 0 Å². The van der Waals surface area contributed by atoms with Crippen LogP contribution in [0.25, 0.3) is 91.3 Å². The van der Waals surface area contributed by atoms with E-state index in [1.54, 1.807) is 67.1 Å². The fraction of sp³-hybridized carbons (Fsp3) is 0. The van der Waals surface area contributed by atoms with Gasteiger partial charge in [-0.3, -0.25) is 15.0 Å². The maximum Gasteiger partial charge on any atom is 0.200 e. The molecule has 12 heteroatoms. The Balaban J connectivity index is 1.51. The first-order chi connectivity index (χ1) is 25.9. The number of nitrogens with one attached hydrogen (secondary N) is 2. The lowest BCUT2D eigenvalue weighted by Gasteiger charge is -2.10. The van der Waals surface area contributed by atoms with Crippen LogP contribution in [0.15, 0.2) is 97.5 Å². The minimum Gasteiger partial charge on any atom is -0.354 e. The molecule has 0 spiro atoms. The molecule has 2 aliphatic heterocycles. The van der Waals surface area contributed by atoms with Gasteiger partial charge in [-0.2, -0.15) is 0 Å². The van der Waals surface area contributed by atoms with Crippen molar-refractivity contribution in [3.05, 3.63) is 149 Å². The fourth-order valence-electron chi connectivity index (χ4n) is 6.63. The van der Waals surface area contributed by atoms with E-state index in [9.17, 15) is 13.2 Å². The van der Waals surface area contributed by atoms with Crippen LogP contribution in [0.2, 0.25) is 0 Å². The number of halogens is 5. The van der Waals surface area contributed by atoms with Gasteiger partial charge in [-0.25, -0.2) is 31.9 Å². The normalized spacial score (nSPS) is 12.1. The lowest BCUT2D eigenvalue weighted by molar-refractivity contribution is 0.381. The molecule has 9 rings (SSSR count). The quantitative estimate of drug-likeness (QED) is 0.108. The molecule has 0 aliphatic carbocycles. The van der Waals surface area contributed by atoms with E-state index in [2.05, 4.69) is 24.9 Å². The van der Waals surface area contributed by atoms with E-state index in [1.807, 2.05) is 42.5 Å². The highest BCUT2D eigenvalue weighted by Crippen LogP contribution is 2.40. The van der Waals surface area contributed by atoms with Crippen molar-refractivity contribution in [2.45, 2.75) is 0 Å². The Bertz CT molecular complexity index is 2760. The third-order valence-electron chi connectivity index (χ3n) is 8.98. The summed E-state index contributed by atoms with van der Waals surface area (Å²) in [7, 11) is 0. The number of fused-ring (bicyclic) bond motifs is 8. The van der Waals surface area contributed by atoms with Crippen molar-refractivity contribution in [1.29, 1.82) is 0 Å². The molecule has 2 aliphatic rings. The van der Waals surface area contributed by atoms with Crippen molar-refractivity contribution in [3.8, 4) is 44.9 Å². The summed E-state index contributed by atoms with van der Waals surface area (Å²) in [4.78, 5) is 30.3.